The monoisotopic (exact) mass is 200 g/mol. The van der Waals surface area contributed by atoms with E-state index in [2.05, 4.69) is 17.1 Å². The second-order valence-electron chi connectivity index (χ2n) is 4.49. The second-order valence-corrected chi connectivity index (χ2v) is 4.49. The van der Waals surface area contributed by atoms with E-state index in [-0.39, 0.29) is 6.10 Å². The molecule has 1 fully saturated rings. The van der Waals surface area contributed by atoms with E-state index in [1.54, 1.807) is 0 Å². The molecule has 3 nitrogen and oxygen atoms in total. The molecule has 0 aliphatic carbocycles. The molecule has 0 bridgehead atoms. The smallest absolute Gasteiger partial charge is 0.0526 e. The van der Waals surface area contributed by atoms with Crippen molar-refractivity contribution in [1.82, 2.24) is 10.2 Å². The third kappa shape index (κ3) is 4.94. The first-order chi connectivity index (χ1) is 6.68. The maximum absolute atomic E-state index is 9.18. The van der Waals surface area contributed by atoms with Crippen LogP contribution in [0.3, 0.4) is 0 Å². The highest BCUT2D eigenvalue weighted by Crippen LogP contribution is 2.05. The molecule has 0 radical (unpaired) electrons. The van der Waals surface area contributed by atoms with Gasteiger partial charge in [0.15, 0.2) is 0 Å². The number of hydrogen-bond acceptors (Lipinski definition) is 3. The lowest BCUT2D eigenvalue weighted by atomic mass is 10.1. The number of rotatable bonds is 6. The maximum Gasteiger partial charge on any atom is 0.0526 e. The van der Waals surface area contributed by atoms with E-state index in [1.165, 1.54) is 25.9 Å². The number of nitrogens with zero attached hydrogens (tertiary/aromatic N) is 1. The first-order valence-electron chi connectivity index (χ1n) is 5.82. The van der Waals surface area contributed by atoms with E-state index >= 15 is 0 Å². The van der Waals surface area contributed by atoms with Crippen molar-refractivity contribution in [3.8, 4) is 0 Å². The lowest BCUT2D eigenvalue weighted by molar-refractivity contribution is 0.169. The van der Waals surface area contributed by atoms with E-state index in [4.69, 9.17) is 0 Å². The minimum absolute atomic E-state index is 0.190. The second kappa shape index (κ2) is 6.38. The maximum atomic E-state index is 9.18. The van der Waals surface area contributed by atoms with E-state index < -0.39 is 0 Å². The Balaban J connectivity index is 1.96. The highest BCUT2D eigenvalue weighted by Gasteiger charge is 2.11. The molecule has 0 amide bonds. The van der Waals surface area contributed by atoms with E-state index in [9.17, 15) is 5.11 Å². The van der Waals surface area contributed by atoms with Crippen LogP contribution in [0.2, 0.25) is 0 Å². The summed E-state index contributed by atoms with van der Waals surface area (Å²) in [6, 6.07) is 0.428. The minimum atomic E-state index is -0.190. The van der Waals surface area contributed by atoms with Crippen LogP contribution < -0.4 is 5.32 Å². The summed E-state index contributed by atoms with van der Waals surface area (Å²) in [5.41, 5.74) is 0. The number of aliphatic hydroxyl groups is 1. The van der Waals surface area contributed by atoms with Gasteiger partial charge in [0, 0.05) is 19.1 Å². The SMILES string of the molecule is CC(O)CC(C)NCCN1CCCC1. The van der Waals surface area contributed by atoms with Crippen molar-refractivity contribution in [2.24, 2.45) is 0 Å². The summed E-state index contributed by atoms with van der Waals surface area (Å²) in [5.74, 6) is 0. The van der Waals surface area contributed by atoms with Gasteiger partial charge in [0.1, 0.15) is 0 Å². The molecule has 0 spiro atoms. The molecule has 14 heavy (non-hydrogen) atoms. The van der Waals surface area contributed by atoms with Crippen LogP contribution in [0.1, 0.15) is 33.1 Å². The molecule has 3 heteroatoms. The molecular weight excluding hydrogens is 176 g/mol. The van der Waals surface area contributed by atoms with Crippen LogP contribution in [0.25, 0.3) is 0 Å². The fraction of sp³-hybridized carbons (Fsp3) is 1.00. The molecule has 1 saturated heterocycles. The zero-order valence-electron chi connectivity index (χ0n) is 9.50. The fourth-order valence-corrected chi connectivity index (χ4v) is 2.07. The van der Waals surface area contributed by atoms with Crippen LogP contribution in [0, 0.1) is 0 Å². The molecule has 1 aliphatic heterocycles. The zero-order valence-corrected chi connectivity index (χ0v) is 9.50. The normalized spacial score (nSPS) is 22.5. The minimum Gasteiger partial charge on any atom is -0.393 e. The molecule has 0 aromatic carbocycles. The van der Waals surface area contributed by atoms with Crippen LogP contribution >= 0.6 is 0 Å². The van der Waals surface area contributed by atoms with Gasteiger partial charge in [0.05, 0.1) is 6.10 Å². The fourth-order valence-electron chi connectivity index (χ4n) is 2.07. The Labute approximate surface area is 87.5 Å². The molecule has 84 valence electrons. The number of hydrogen-bond donors (Lipinski definition) is 2. The molecule has 0 aromatic heterocycles. The number of aliphatic hydroxyl groups excluding tert-OH is 1. The summed E-state index contributed by atoms with van der Waals surface area (Å²) >= 11 is 0. The summed E-state index contributed by atoms with van der Waals surface area (Å²) < 4.78 is 0. The lowest BCUT2D eigenvalue weighted by Crippen LogP contribution is -2.36. The van der Waals surface area contributed by atoms with E-state index in [0.29, 0.717) is 6.04 Å². The predicted octanol–water partition coefficient (Wildman–Crippen LogP) is 0.831. The van der Waals surface area contributed by atoms with Gasteiger partial charge in [-0.1, -0.05) is 0 Å². The van der Waals surface area contributed by atoms with Crippen LogP contribution in [-0.2, 0) is 0 Å². The van der Waals surface area contributed by atoms with Crippen molar-refractivity contribution in [1.29, 1.82) is 0 Å². The standard InChI is InChI=1S/C11H24N2O/c1-10(9-11(2)14)12-5-8-13-6-3-4-7-13/h10-12,14H,3-9H2,1-2H3. The third-order valence-corrected chi connectivity index (χ3v) is 2.81. The lowest BCUT2D eigenvalue weighted by Gasteiger charge is -2.19. The Bertz CT molecular complexity index is 144. The van der Waals surface area contributed by atoms with E-state index in [0.717, 1.165) is 19.5 Å². The summed E-state index contributed by atoms with van der Waals surface area (Å²) in [6.45, 7) is 8.73. The quantitative estimate of drug-likeness (QED) is 0.667. The summed E-state index contributed by atoms with van der Waals surface area (Å²) in [5, 5.41) is 12.6. The van der Waals surface area contributed by atoms with Crippen LogP contribution in [0.5, 0.6) is 0 Å². The molecule has 0 aromatic rings. The van der Waals surface area contributed by atoms with Crippen molar-refractivity contribution in [3.63, 3.8) is 0 Å². The molecule has 1 heterocycles. The first kappa shape index (κ1) is 12.0. The van der Waals surface area contributed by atoms with Crippen LogP contribution in [0.15, 0.2) is 0 Å². The van der Waals surface area contributed by atoms with Gasteiger partial charge in [-0.25, -0.2) is 0 Å². The molecule has 0 saturated carbocycles. The van der Waals surface area contributed by atoms with Crippen molar-refractivity contribution in [2.45, 2.75) is 45.3 Å². The molecule has 2 N–H and O–H groups in total. The van der Waals surface area contributed by atoms with Crippen molar-refractivity contribution < 1.29 is 5.11 Å². The van der Waals surface area contributed by atoms with Crippen molar-refractivity contribution >= 4 is 0 Å². The first-order valence-corrected chi connectivity index (χ1v) is 5.82. The van der Waals surface area contributed by atoms with Crippen molar-refractivity contribution in [3.05, 3.63) is 0 Å². The average Bonchev–Trinajstić information content (AvgIpc) is 2.55. The third-order valence-electron chi connectivity index (χ3n) is 2.81. The van der Waals surface area contributed by atoms with Gasteiger partial charge in [-0.15, -0.1) is 0 Å². The van der Waals surface area contributed by atoms with Crippen molar-refractivity contribution in [2.75, 3.05) is 26.2 Å². The van der Waals surface area contributed by atoms with Gasteiger partial charge < -0.3 is 15.3 Å². The summed E-state index contributed by atoms with van der Waals surface area (Å²) in [4.78, 5) is 2.50. The van der Waals surface area contributed by atoms with Gasteiger partial charge in [0.2, 0.25) is 0 Å². The van der Waals surface area contributed by atoms with Gasteiger partial charge in [-0.2, -0.15) is 0 Å². The predicted molar refractivity (Wildman–Crippen MR) is 59.4 cm³/mol. The zero-order chi connectivity index (χ0) is 10.4. The molecule has 2 atom stereocenters. The Morgan fingerprint density at radius 3 is 2.50 bits per heavy atom. The largest absolute Gasteiger partial charge is 0.393 e. The summed E-state index contributed by atoms with van der Waals surface area (Å²) in [7, 11) is 0. The average molecular weight is 200 g/mol. The van der Waals surface area contributed by atoms with E-state index in [1.807, 2.05) is 6.92 Å². The number of likely N-dealkylation sites (tertiary alicyclic amines) is 1. The Kier molecular flexibility index (Phi) is 5.45. The molecule has 1 rings (SSSR count). The highest BCUT2D eigenvalue weighted by atomic mass is 16.3. The van der Waals surface area contributed by atoms with Gasteiger partial charge in [-0.3, -0.25) is 0 Å². The Hall–Kier alpha value is -0.120. The highest BCUT2D eigenvalue weighted by molar-refractivity contribution is 4.69. The van der Waals surface area contributed by atoms with Gasteiger partial charge in [-0.05, 0) is 46.2 Å². The number of nitrogens with one attached hydrogen (secondary N) is 1. The summed E-state index contributed by atoms with van der Waals surface area (Å²) in [6.07, 6.45) is 3.39. The Morgan fingerprint density at radius 1 is 1.29 bits per heavy atom. The van der Waals surface area contributed by atoms with Gasteiger partial charge >= 0.3 is 0 Å². The van der Waals surface area contributed by atoms with Gasteiger partial charge in [0.25, 0.3) is 0 Å². The Morgan fingerprint density at radius 2 is 1.93 bits per heavy atom. The van der Waals surface area contributed by atoms with Crippen LogP contribution in [0.4, 0.5) is 0 Å². The van der Waals surface area contributed by atoms with Crippen LogP contribution in [-0.4, -0.2) is 48.3 Å². The molecular formula is C11H24N2O. The molecule has 2 unspecified atom stereocenters. The molecule has 1 aliphatic rings. The topological polar surface area (TPSA) is 35.5 Å².